The number of piperidine rings is 1. The molecule has 0 spiro atoms. The maximum absolute atomic E-state index is 12.7. The number of carbonyl (C=O) groups is 1. The average Bonchev–Trinajstić information content (AvgIpc) is 3.07. The van der Waals surface area contributed by atoms with Gasteiger partial charge in [-0.3, -0.25) is 9.20 Å². The summed E-state index contributed by atoms with van der Waals surface area (Å²) in [7, 11) is 0. The summed E-state index contributed by atoms with van der Waals surface area (Å²) in [6.07, 6.45) is 1.86. The van der Waals surface area contributed by atoms with Crippen LogP contribution in [0.1, 0.15) is 24.1 Å². The number of pyridine rings is 1. The Bertz CT molecular complexity index is 948. The van der Waals surface area contributed by atoms with Gasteiger partial charge in [-0.1, -0.05) is 18.2 Å². The van der Waals surface area contributed by atoms with Gasteiger partial charge in [0.1, 0.15) is 0 Å². The first-order valence-electron chi connectivity index (χ1n) is 9.05. The van der Waals surface area contributed by atoms with Crippen LogP contribution in [0.4, 0.5) is 11.6 Å². The van der Waals surface area contributed by atoms with E-state index in [4.69, 9.17) is 0 Å². The quantitative estimate of drug-likeness (QED) is 0.789. The van der Waals surface area contributed by atoms with Crippen LogP contribution in [0.25, 0.3) is 5.65 Å². The van der Waals surface area contributed by atoms with Gasteiger partial charge in [-0.15, -0.1) is 10.2 Å². The van der Waals surface area contributed by atoms with Crippen LogP contribution in [0.3, 0.4) is 0 Å². The van der Waals surface area contributed by atoms with Gasteiger partial charge in [-0.25, -0.2) is 0 Å². The molecule has 1 aromatic carbocycles. The summed E-state index contributed by atoms with van der Waals surface area (Å²) < 4.78 is 2.06. The molecular formula is C20H23N5O. The van der Waals surface area contributed by atoms with Crippen molar-refractivity contribution in [1.29, 1.82) is 0 Å². The standard InChI is InChI=1S/C20H23N5O/c1-14-6-3-9-17(12-14)21-19(26)16-8-5-11-24(13-16)20-23-22-18-10-4-7-15(2)25(18)20/h3-4,6-7,9-10,12,16H,5,8,11,13H2,1-2H3,(H,21,26)/t16-/m0/s1. The number of benzene rings is 1. The number of anilines is 2. The number of fused-ring (bicyclic) bond motifs is 1. The SMILES string of the molecule is Cc1cccc(NC(=O)[C@H]2CCCN(c3nnc4cccc(C)n34)C2)c1. The molecule has 3 heterocycles. The molecule has 6 heteroatoms. The maximum atomic E-state index is 12.7. The predicted molar refractivity (Wildman–Crippen MR) is 102 cm³/mol. The number of carbonyl (C=O) groups excluding carboxylic acids is 1. The molecule has 0 aliphatic carbocycles. The van der Waals surface area contributed by atoms with Gasteiger partial charge in [0.05, 0.1) is 5.92 Å². The van der Waals surface area contributed by atoms with Gasteiger partial charge in [-0.05, 0) is 56.5 Å². The van der Waals surface area contributed by atoms with Crippen LogP contribution >= 0.6 is 0 Å². The van der Waals surface area contributed by atoms with E-state index in [0.717, 1.165) is 47.9 Å². The number of hydrogen-bond acceptors (Lipinski definition) is 4. The van der Waals surface area contributed by atoms with Crippen molar-refractivity contribution in [2.24, 2.45) is 5.92 Å². The number of nitrogens with one attached hydrogen (secondary N) is 1. The molecule has 6 nitrogen and oxygen atoms in total. The van der Waals surface area contributed by atoms with E-state index < -0.39 is 0 Å². The average molecular weight is 349 g/mol. The molecule has 1 aliphatic rings. The monoisotopic (exact) mass is 349 g/mol. The van der Waals surface area contributed by atoms with Gasteiger partial charge in [0.2, 0.25) is 11.9 Å². The Morgan fingerprint density at radius 3 is 2.85 bits per heavy atom. The zero-order valence-corrected chi connectivity index (χ0v) is 15.1. The first-order chi connectivity index (χ1) is 12.6. The van der Waals surface area contributed by atoms with Crippen LogP contribution < -0.4 is 10.2 Å². The van der Waals surface area contributed by atoms with Gasteiger partial charge in [-0.2, -0.15) is 0 Å². The molecule has 3 aromatic rings. The predicted octanol–water partition coefficient (Wildman–Crippen LogP) is 3.20. The topological polar surface area (TPSA) is 62.5 Å². The molecule has 0 saturated carbocycles. The van der Waals surface area contributed by atoms with Crippen molar-refractivity contribution in [2.75, 3.05) is 23.3 Å². The summed E-state index contributed by atoms with van der Waals surface area (Å²) >= 11 is 0. The molecule has 134 valence electrons. The molecule has 1 N–H and O–H groups in total. The summed E-state index contributed by atoms with van der Waals surface area (Å²) in [5.74, 6) is 0.845. The Balaban J connectivity index is 1.53. The first kappa shape index (κ1) is 16.6. The molecule has 1 amide bonds. The van der Waals surface area contributed by atoms with E-state index in [0.29, 0.717) is 6.54 Å². The van der Waals surface area contributed by atoms with Crippen molar-refractivity contribution in [3.63, 3.8) is 0 Å². The van der Waals surface area contributed by atoms with Crippen molar-refractivity contribution >= 4 is 23.2 Å². The van der Waals surface area contributed by atoms with Crippen LogP contribution in [-0.2, 0) is 4.79 Å². The maximum Gasteiger partial charge on any atom is 0.231 e. The lowest BCUT2D eigenvalue weighted by Gasteiger charge is -2.32. The fraction of sp³-hybridized carbons (Fsp3) is 0.350. The highest BCUT2D eigenvalue weighted by atomic mass is 16.1. The Morgan fingerprint density at radius 1 is 1.15 bits per heavy atom. The smallest absolute Gasteiger partial charge is 0.231 e. The number of amides is 1. The number of aryl methyl sites for hydroxylation is 2. The van der Waals surface area contributed by atoms with Crippen molar-refractivity contribution in [2.45, 2.75) is 26.7 Å². The van der Waals surface area contributed by atoms with Crippen molar-refractivity contribution < 1.29 is 4.79 Å². The van der Waals surface area contributed by atoms with Gasteiger partial charge in [0.15, 0.2) is 5.65 Å². The Kier molecular flexibility index (Phi) is 4.32. The lowest BCUT2D eigenvalue weighted by molar-refractivity contribution is -0.120. The highest BCUT2D eigenvalue weighted by molar-refractivity contribution is 5.93. The third-order valence-corrected chi connectivity index (χ3v) is 4.97. The minimum Gasteiger partial charge on any atom is -0.340 e. The molecule has 4 rings (SSSR count). The third-order valence-electron chi connectivity index (χ3n) is 4.97. The van der Waals surface area contributed by atoms with Crippen LogP contribution in [0.5, 0.6) is 0 Å². The van der Waals surface area contributed by atoms with Crippen molar-refractivity contribution in [3.8, 4) is 0 Å². The fourth-order valence-corrected chi connectivity index (χ4v) is 3.63. The second kappa shape index (κ2) is 6.78. The summed E-state index contributed by atoms with van der Waals surface area (Å²) in [5.41, 5.74) is 3.93. The van der Waals surface area contributed by atoms with Gasteiger partial charge in [0.25, 0.3) is 0 Å². The molecule has 1 fully saturated rings. The zero-order chi connectivity index (χ0) is 18.1. The lowest BCUT2D eigenvalue weighted by Crippen LogP contribution is -2.41. The second-order valence-electron chi connectivity index (χ2n) is 7.00. The molecule has 0 unspecified atom stereocenters. The van der Waals surface area contributed by atoms with E-state index in [2.05, 4.69) is 24.8 Å². The largest absolute Gasteiger partial charge is 0.340 e. The highest BCUT2D eigenvalue weighted by Gasteiger charge is 2.28. The summed E-state index contributed by atoms with van der Waals surface area (Å²) in [6, 6.07) is 13.9. The Hall–Kier alpha value is -2.89. The van der Waals surface area contributed by atoms with Crippen molar-refractivity contribution in [1.82, 2.24) is 14.6 Å². The van der Waals surface area contributed by atoms with E-state index >= 15 is 0 Å². The number of nitrogens with zero attached hydrogens (tertiary/aromatic N) is 4. The van der Waals surface area contributed by atoms with E-state index in [-0.39, 0.29) is 11.8 Å². The lowest BCUT2D eigenvalue weighted by atomic mass is 9.97. The minimum atomic E-state index is -0.0550. The number of hydrogen-bond donors (Lipinski definition) is 1. The van der Waals surface area contributed by atoms with E-state index in [1.165, 1.54) is 0 Å². The van der Waals surface area contributed by atoms with Gasteiger partial charge < -0.3 is 10.2 Å². The summed E-state index contributed by atoms with van der Waals surface area (Å²) in [4.78, 5) is 14.9. The Labute approximate surface area is 152 Å². The van der Waals surface area contributed by atoms with E-state index in [1.54, 1.807) is 0 Å². The first-order valence-corrected chi connectivity index (χ1v) is 9.05. The molecule has 1 atom stereocenters. The normalized spacial score (nSPS) is 17.5. The number of aromatic nitrogens is 3. The van der Waals surface area contributed by atoms with Crippen LogP contribution in [-0.4, -0.2) is 33.6 Å². The molecule has 2 aromatic heterocycles. The zero-order valence-electron chi connectivity index (χ0n) is 15.1. The molecule has 0 bridgehead atoms. The number of rotatable bonds is 3. The minimum absolute atomic E-state index is 0.0550. The highest BCUT2D eigenvalue weighted by Crippen LogP contribution is 2.24. The molecule has 1 saturated heterocycles. The second-order valence-corrected chi connectivity index (χ2v) is 7.00. The van der Waals surface area contributed by atoms with Crippen LogP contribution in [0.15, 0.2) is 42.5 Å². The van der Waals surface area contributed by atoms with Crippen LogP contribution in [0.2, 0.25) is 0 Å². The third kappa shape index (κ3) is 3.14. The van der Waals surface area contributed by atoms with Crippen molar-refractivity contribution in [3.05, 3.63) is 53.7 Å². The molecule has 1 aliphatic heterocycles. The fourth-order valence-electron chi connectivity index (χ4n) is 3.63. The summed E-state index contributed by atoms with van der Waals surface area (Å²) in [5, 5.41) is 11.7. The Morgan fingerprint density at radius 2 is 2.00 bits per heavy atom. The van der Waals surface area contributed by atoms with Gasteiger partial charge >= 0.3 is 0 Å². The van der Waals surface area contributed by atoms with E-state index in [9.17, 15) is 4.79 Å². The molecule has 26 heavy (non-hydrogen) atoms. The van der Waals surface area contributed by atoms with E-state index in [1.807, 2.05) is 56.3 Å². The van der Waals surface area contributed by atoms with Crippen LogP contribution in [0, 0.1) is 19.8 Å². The molecular weight excluding hydrogens is 326 g/mol. The molecule has 0 radical (unpaired) electrons. The summed E-state index contributed by atoms with van der Waals surface area (Å²) in [6.45, 7) is 5.62. The van der Waals surface area contributed by atoms with Gasteiger partial charge in [0, 0.05) is 24.5 Å².